The standard InChI is InChI=1S/C20H34/c1-3-5-17-7-11-19(12-8-17)15-16-20-13-9-18(6-4-2)10-14-20/h3-6,17-20H,7-16H2,1-2H3. The molecule has 0 aromatic rings. The average Bonchev–Trinajstić information content (AvgIpc) is 2.49. The van der Waals surface area contributed by atoms with Crippen LogP contribution in [-0.2, 0) is 0 Å². The van der Waals surface area contributed by atoms with Crippen LogP contribution in [0.15, 0.2) is 24.3 Å². The fourth-order valence-electron chi connectivity index (χ4n) is 4.35. The number of allylic oxidation sites excluding steroid dienone is 4. The van der Waals surface area contributed by atoms with Gasteiger partial charge in [-0.2, -0.15) is 0 Å². The maximum absolute atomic E-state index is 2.43. The van der Waals surface area contributed by atoms with Crippen LogP contribution in [0.2, 0.25) is 0 Å². The topological polar surface area (TPSA) is 0 Å². The summed E-state index contributed by atoms with van der Waals surface area (Å²) in [5, 5.41) is 0. The Morgan fingerprint density at radius 1 is 0.600 bits per heavy atom. The Hall–Kier alpha value is -0.520. The SMILES string of the molecule is CC=CC1CCC(CCC2CCC(C=CC)CC2)CC1. The van der Waals surface area contributed by atoms with Crippen molar-refractivity contribution in [2.24, 2.45) is 23.7 Å². The number of rotatable bonds is 5. The summed E-state index contributed by atoms with van der Waals surface area (Å²) in [6, 6.07) is 0. The normalized spacial score (nSPS) is 35.9. The highest BCUT2D eigenvalue weighted by Gasteiger charge is 2.23. The van der Waals surface area contributed by atoms with Gasteiger partial charge >= 0.3 is 0 Å². The summed E-state index contributed by atoms with van der Waals surface area (Å²) in [5.74, 6) is 3.88. The molecule has 0 N–H and O–H groups in total. The second kappa shape index (κ2) is 8.70. The molecule has 114 valence electrons. The Morgan fingerprint density at radius 2 is 0.950 bits per heavy atom. The van der Waals surface area contributed by atoms with E-state index in [0.717, 1.165) is 23.7 Å². The summed E-state index contributed by atoms with van der Waals surface area (Å²) >= 11 is 0. The van der Waals surface area contributed by atoms with Gasteiger partial charge in [0, 0.05) is 0 Å². The van der Waals surface area contributed by atoms with E-state index < -0.39 is 0 Å². The zero-order chi connectivity index (χ0) is 14.2. The molecule has 0 atom stereocenters. The summed E-state index contributed by atoms with van der Waals surface area (Å²) in [6.07, 6.45) is 24.1. The third kappa shape index (κ3) is 5.11. The van der Waals surface area contributed by atoms with Gasteiger partial charge in [-0.25, -0.2) is 0 Å². The molecule has 2 fully saturated rings. The van der Waals surface area contributed by atoms with Crippen molar-refractivity contribution in [3.63, 3.8) is 0 Å². The third-order valence-corrected chi connectivity index (χ3v) is 5.70. The predicted molar refractivity (Wildman–Crippen MR) is 89.8 cm³/mol. The Balaban J connectivity index is 1.60. The fourth-order valence-corrected chi connectivity index (χ4v) is 4.35. The lowest BCUT2D eigenvalue weighted by molar-refractivity contribution is 0.241. The van der Waals surface area contributed by atoms with Crippen molar-refractivity contribution in [2.75, 3.05) is 0 Å². The van der Waals surface area contributed by atoms with E-state index in [0.29, 0.717) is 0 Å². The lowest BCUT2D eigenvalue weighted by Crippen LogP contribution is -2.17. The Labute approximate surface area is 126 Å². The van der Waals surface area contributed by atoms with E-state index in [9.17, 15) is 0 Å². The van der Waals surface area contributed by atoms with Crippen LogP contribution >= 0.6 is 0 Å². The van der Waals surface area contributed by atoms with Crippen LogP contribution in [-0.4, -0.2) is 0 Å². The van der Waals surface area contributed by atoms with Gasteiger partial charge in [0.2, 0.25) is 0 Å². The molecule has 2 aliphatic rings. The van der Waals surface area contributed by atoms with Gasteiger partial charge in [0.25, 0.3) is 0 Å². The van der Waals surface area contributed by atoms with E-state index in [1.807, 2.05) is 0 Å². The van der Waals surface area contributed by atoms with Crippen LogP contribution in [0.1, 0.15) is 78.1 Å². The first-order chi connectivity index (χ1) is 9.81. The van der Waals surface area contributed by atoms with Crippen LogP contribution < -0.4 is 0 Å². The molecular formula is C20H34. The molecule has 0 heterocycles. The van der Waals surface area contributed by atoms with Gasteiger partial charge in [0.05, 0.1) is 0 Å². The minimum absolute atomic E-state index is 0.896. The minimum Gasteiger partial charge on any atom is -0.0914 e. The highest BCUT2D eigenvalue weighted by atomic mass is 14.3. The first kappa shape index (κ1) is 15.9. The highest BCUT2D eigenvalue weighted by molar-refractivity contribution is 4.90. The summed E-state index contributed by atoms with van der Waals surface area (Å²) in [4.78, 5) is 0. The van der Waals surface area contributed by atoms with Crippen LogP contribution in [0.4, 0.5) is 0 Å². The van der Waals surface area contributed by atoms with Crippen molar-refractivity contribution >= 4 is 0 Å². The van der Waals surface area contributed by atoms with Crippen molar-refractivity contribution in [2.45, 2.75) is 78.1 Å². The first-order valence-corrected chi connectivity index (χ1v) is 9.07. The zero-order valence-corrected chi connectivity index (χ0v) is 13.7. The van der Waals surface area contributed by atoms with Crippen LogP contribution in [0, 0.1) is 23.7 Å². The van der Waals surface area contributed by atoms with E-state index in [2.05, 4.69) is 38.2 Å². The van der Waals surface area contributed by atoms with E-state index in [-0.39, 0.29) is 0 Å². The molecule has 2 rings (SSSR count). The average molecular weight is 274 g/mol. The molecule has 0 heteroatoms. The van der Waals surface area contributed by atoms with Crippen LogP contribution in [0.25, 0.3) is 0 Å². The summed E-state index contributed by atoms with van der Waals surface area (Å²) in [7, 11) is 0. The van der Waals surface area contributed by atoms with Gasteiger partial charge in [-0.1, -0.05) is 37.1 Å². The van der Waals surface area contributed by atoms with Crippen molar-refractivity contribution in [1.82, 2.24) is 0 Å². The van der Waals surface area contributed by atoms with Crippen molar-refractivity contribution in [3.05, 3.63) is 24.3 Å². The zero-order valence-electron chi connectivity index (χ0n) is 13.7. The number of hydrogen-bond acceptors (Lipinski definition) is 0. The van der Waals surface area contributed by atoms with Gasteiger partial charge in [-0.15, -0.1) is 0 Å². The first-order valence-electron chi connectivity index (χ1n) is 9.07. The summed E-state index contributed by atoms with van der Waals surface area (Å²) in [6.45, 7) is 4.33. The second-order valence-electron chi connectivity index (χ2n) is 7.19. The molecule has 0 aliphatic heterocycles. The molecule has 0 radical (unpaired) electrons. The van der Waals surface area contributed by atoms with Gasteiger partial charge in [-0.3, -0.25) is 0 Å². The van der Waals surface area contributed by atoms with Crippen LogP contribution in [0.3, 0.4) is 0 Å². The Kier molecular flexibility index (Phi) is 6.90. The maximum Gasteiger partial charge on any atom is -0.0233 e. The second-order valence-corrected chi connectivity index (χ2v) is 7.19. The molecule has 0 bridgehead atoms. The van der Waals surface area contributed by atoms with E-state index in [1.165, 1.54) is 64.2 Å². The van der Waals surface area contributed by atoms with E-state index in [4.69, 9.17) is 0 Å². The van der Waals surface area contributed by atoms with Gasteiger partial charge in [-0.05, 0) is 88.9 Å². The lowest BCUT2D eigenvalue weighted by atomic mass is 9.75. The summed E-state index contributed by atoms with van der Waals surface area (Å²) in [5.41, 5.74) is 0. The van der Waals surface area contributed by atoms with Gasteiger partial charge in [0.1, 0.15) is 0 Å². The molecule has 2 saturated carbocycles. The van der Waals surface area contributed by atoms with Crippen molar-refractivity contribution < 1.29 is 0 Å². The molecule has 0 amide bonds. The highest BCUT2D eigenvalue weighted by Crippen LogP contribution is 2.37. The quantitative estimate of drug-likeness (QED) is 0.500. The monoisotopic (exact) mass is 274 g/mol. The van der Waals surface area contributed by atoms with E-state index >= 15 is 0 Å². The van der Waals surface area contributed by atoms with Crippen molar-refractivity contribution in [3.8, 4) is 0 Å². The minimum atomic E-state index is 0.896. The molecule has 0 nitrogen and oxygen atoms in total. The molecule has 0 unspecified atom stereocenters. The Morgan fingerprint density at radius 3 is 1.25 bits per heavy atom. The fraction of sp³-hybridized carbons (Fsp3) is 0.800. The smallest absolute Gasteiger partial charge is 0.0233 e. The van der Waals surface area contributed by atoms with Crippen LogP contribution in [0.5, 0.6) is 0 Å². The Bertz CT molecular complexity index is 264. The molecule has 2 aliphatic carbocycles. The predicted octanol–water partition coefficient (Wildman–Crippen LogP) is 6.53. The molecule has 0 spiro atoms. The lowest BCUT2D eigenvalue weighted by Gasteiger charge is -2.30. The van der Waals surface area contributed by atoms with Gasteiger partial charge in [0.15, 0.2) is 0 Å². The van der Waals surface area contributed by atoms with Crippen molar-refractivity contribution in [1.29, 1.82) is 0 Å². The number of hydrogen-bond donors (Lipinski definition) is 0. The largest absolute Gasteiger partial charge is 0.0914 e. The van der Waals surface area contributed by atoms with Gasteiger partial charge < -0.3 is 0 Å². The maximum atomic E-state index is 2.43. The molecule has 0 saturated heterocycles. The molecular weight excluding hydrogens is 240 g/mol. The molecule has 20 heavy (non-hydrogen) atoms. The molecule has 0 aromatic carbocycles. The summed E-state index contributed by atoms with van der Waals surface area (Å²) < 4.78 is 0. The third-order valence-electron chi connectivity index (χ3n) is 5.70. The molecule has 0 aromatic heterocycles. The van der Waals surface area contributed by atoms with E-state index in [1.54, 1.807) is 0 Å².